The Labute approximate surface area is 150 Å². The fourth-order valence-corrected chi connectivity index (χ4v) is 2.43. The van der Waals surface area contributed by atoms with Crippen LogP contribution < -0.4 is 10.2 Å². The fraction of sp³-hybridized carbons (Fsp3) is 0.562. The van der Waals surface area contributed by atoms with Gasteiger partial charge in [0.15, 0.2) is 5.96 Å². The van der Waals surface area contributed by atoms with Crippen molar-refractivity contribution in [3.63, 3.8) is 0 Å². The highest BCUT2D eigenvalue weighted by Gasteiger charge is 2.22. The number of β-amino-alcohol motifs (C(OH)–C–C–N with tert-alkyl or cyclic N) is 1. The van der Waals surface area contributed by atoms with Crippen molar-refractivity contribution in [3.05, 3.63) is 29.8 Å². The molecule has 0 spiro atoms. The maximum atomic E-state index is 9.66. The van der Waals surface area contributed by atoms with Gasteiger partial charge in [0.05, 0.1) is 12.6 Å². The minimum atomic E-state index is -0.228. The topological polar surface area (TPSA) is 51.1 Å². The molecule has 0 unspecified atom stereocenters. The third-order valence-corrected chi connectivity index (χ3v) is 3.66. The highest BCUT2D eigenvalue weighted by atomic mass is 127. The summed E-state index contributed by atoms with van der Waals surface area (Å²) in [6, 6.07) is 8.44. The standard InChI is InChI=1S/C16H26N4O.HI/c1-4-17-16(20-10-9-15(21)12-20)18-11-13-5-7-14(8-6-13)19(2)3;/h5-8,15,21H,4,9-12H2,1-3H3,(H,17,18);1H/t15-;/m1./s1. The van der Waals surface area contributed by atoms with E-state index in [0.29, 0.717) is 13.1 Å². The zero-order valence-electron chi connectivity index (χ0n) is 13.6. The molecule has 1 aromatic carbocycles. The third-order valence-electron chi connectivity index (χ3n) is 3.66. The molecule has 22 heavy (non-hydrogen) atoms. The van der Waals surface area contributed by atoms with Gasteiger partial charge >= 0.3 is 0 Å². The third kappa shape index (κ3) is 5.31. The minimum absolute atomic E-state index is 0. The summed E-state index contributed by atoms with van der Waals surface area (Å²) in [6.07, 6.45) is 0.593. The first-order valence-electron chi connectivity index (χ1n) is 7.57. The summed E-state index contributed by atoms with van der Waals surface area (Å²) in [5.74, 6) is 0.894. The molecular formula is C16H27IN4O. The number of hydrogen-bond acceptors (Lipinski definition) is 3. The lowest BCUT2D eigenvalue weighted by atomic mass is 10.2. The summed E-state index contributed by atoms with van der Waals surface area (Å²) < 4.78 is 0. The first-order valence-corrected chi connectivity index (χ1v) is 7.57. The molecule has 0 aromatic heterocycles. The molecule has 0 amide bonds. The quantitative estimate of drug-likeness (QED) is 0.446. The Morgan fingerprint density at radius 3 is 2.55 bits per heavy atom. The number of rotatable bonds is 4. The lowest BCUT2D eigenvalue weighted by molar-refractivity contribution is 0.188. The molecule has 0 aliphatic carbocycles. The van der Waals surface area contributed by atoms with Crippen molar-refractivity contribution in [2.45, 2.75) is 26.0 Å². The zero-order valence-corrected chi connectivity index (χ0v) is 15.9. The van der Waals surface area contributed by atoms with E-state index in [1.54, 1.807) is 0 Å². The van der Waals surface area contributed by atoms with Gasteiger partial charge in [-0.1, -0.05) is 12.1 Å². The second-order valence-electron chi connectivity index (χ2n) is 5.62. The average molecular weight is 418 g/mol. The van der Waals surface area contributed by atoms with Gasteiger partial charge in [0.2, 0.25) is 0 Å². The Kier molecular flexibility index (Phi) is 7.95. The largest absolute Gasteiger partial charge is 0.391 e. The number of aliphatic hydroxyl groups excluding tert-OH is 1. The maximum Gasteiger partial charge on any atom is 0.194 e. The van der Waals surface area contributed by atoms with Crippen LogP contribution in [0.5, 0.6) is 0 Å². The van der Waals surface area contributed by atoms with Gasteiger partial charge in [-0.25, -0.2) is 4.99 Å². The zero-order chi connectivity index (χ0) is 15.2. The smallest absolute Gasteiger partial charge is 0.194 e. The molecule has 2 rings (SSSR count). The maximum absolute atomic E-state index is 9.66. The number of anilines is 1. The van der Waals surface area contributed by atoms with Crippen LogP contribution in [-0.2, 0) is 6.54 Å². The van der Waals surface area contributed by atoms with Crippen molar-refractivity contribution in [2.75, 3.05) is 38.6 Å². The van der Waals surface area contributed by atoms with E-state index >= 15 is 0 Å². The second kappa shape index (κ2) is 9.19. The summed E-state index contributed by atoms with van der Waals surface area (Å²) in [6.45, 7) is 5.10. The number of nitrogens with one attached hydrogen (secondary N) is 1. The Morgan fingerprint density at radius 1 is 1.36 bits per heavy atom. The molecule has 0 saturated carbocycles. The first-order chi connectivity index (χ1) is 10.1. The fourth-order valence-electron chi connectivity index (χ4n) is 2.43. The Bertz CT molecular complexity index is 476. The summed E-state index contributed by atoms with van der Waals surface area (Å²) >= 11 is 0. The van der Waals surface area contributed by atoms with Crippen molar-refractivity contribution < 1.29 is 5.11 Å². The van der Waals surface area contributed by atoms with Gasteiger partial charge in [-0.3, -0.25) is 0 Å². The highest BCUT2D eigenvalue weighted by Crippen LogP contribution is 2.14. The van der Waals surface area contributed by atoms with Crippen LogP contribution in [-0.4, -0.2) is 55.8 Å². The molecule has 1 aliphatic heterocycles. The van der Waals surface area contributed by atoms with E-state index in [2.05, 4.69) is 51.3 Å². The second-order valence-corrected chi connectivity index (χ2v) is 5.62. The van der Waals surface area contributed by atoms with Crippen molar-refractivity contribution in [1.29, 1.82) is 0 Å². The van der Waals surface area contributed by atoms with Crippen LogP contribution in [0, 0.1) is 0 Å². The predicted octanol–water partition coefficient (Wildman–Crippen LogP) is 1.90. The van der Waals surface area contributed by atoms with Gasteiger partial charge in [0.25, 0.3) is 0 Å². The van der Waals surface area contributed by atoms with Crippen molar-refractivity contribution in [2.24, 2.45) is 4.99 Å². The van der Waals surface area contributed by atoms with E-state index in [0.717, 1.165) is 25.5 Å². The number of aliphatic hydroxyl groups is 1. The van der Waals surface area contributed by atoms with Crippen molar-refractivity contribution >= 4 is 35.6 Å². The molecule has 1 fully saturated rings. The number of nitrogens with zero attached hydrogens (tertiary/aromatic N) is 3. The number of guanidine groups is 1. The summed E-state index contributed by atoms with van der Waals surface area (Å²) in [5, 5.41) is 13.0. The Morgan fingerprint density at radius 2 is 2.05 bits per heavy atom. The number of likely N-dealkylation sites (tertiary alicyclic amines) is 1. The van der Waals surface area contributed by atoms with Gasteiger partial charge in [-0.05, 0) is 31.0 Å². The van der Waals surface area contributed by atoms with Gasteiger partial charge in [0.1, 0.15) is 0 Å². The summed E-state index contributed by atoms with van der Waals surface area (Å²) in [4.78, 5) is 8.89. The molecule has 1 saturated heterocycles. The van der Waals surface area contributed by atoms with Crippen LogP contribution in [0.1, 0.15) is 18.9 Å². The molecule has 1 aromatic rings. The molecule has 2 N–H and O–H groups in total. The van der Waals surface area contributed by atoms with Gasteiger partial charge in [-0.2, -0.15) is 0 Å². The van der Waals surface area contributed by atoms with E-state index in [4.69, 9.17) is 0 Å². The predicted molar refractivity (Wildman–Crippen MR) is 103 cm³/mol. The van der Waals surface area contributed by atoms with Crippen molar-refractivity contribution in [1.82, 2.24) is 10.2 Å². The minimum Gasteiger partial charge on any atom is -0.391 e. The van der Waals surface area contributed by atoms with Crippen LogP contribution in [0.3, 0.4) is 0 Å². The molecule has 124 valence electrons. The van der Waals surface area contributed by atoms with Crippen LogP contribution >= 0.6 is 24.0 Å². The molecule has 1 atom stereocenters. The molecule has 0 radical (unpaired) electrons. The lowest BCUT2D eigenvalue weighted by Gasteiger charge is -2.21. The number of aliphatic imine (C=N–C) groups is 1. The van der Waals surface area contributed by atoms with Crippen LogP contribution in [0.2, 0.25) is 0 Å². The molecule has 0 bridgehead atoms. The van der Waals surface area contributed by atoms with Crippen LogP contribution in [0.25, 0.3) is 0 Å². The molecule has 1 heterocycles. The normalized spacial score (nSPS) is 18.1. The van der Waals surface area contributed by atoms with E-state index < -0.39 is 0 Å². The molecule has 1 aliphatic rings. The monoisotopic (exact) mass is 418 g/mol. The van der Waals surface area contributed by atoms with Gasteiger partial charge in [-0.15, -0.1) is 24.0 Å². The lowest BCUT2D eigenvalue weighted by Crippen LogP contribution is -2.40. The first kappa shape index (κ1) is 19.0. The van der Waals surface area contributed by atoms with Crippen LogP contribution in [0.4, 0.5) is 5.69 Å². The van der Waals surface area contributed by atoms with E-state index in [9.17, 15) is 5.11 Å². The van der Waals surface area contributed by atoms with E-state index in [1.165, 1.54) is 11.3 Å². The molecular weight excluding hydrogens is 391 g/mol. The Hall–Kier alpha value is -1.02. The average Bonchev–Trinajstić information content (AvgIpc) is 2.90. The SMILES string of the molecule is CCNC(=NCc1ccc(N(C)C)cc1)N1CC[C@@H](O)C1.I. The number of halogens is 1. The number of hydrogen-bond donors (Lipinski definition) is 2. The van der Waals surface area contributed by atoms with E-state index in [1.807, 2.05) is 14.1 Å². The summed E-state index contributed by atoms with van der Waals surface area (Å²) in [7, 11) is 4.07. The number of benzene rings is 1. The molecule has 5 nitrogen and oxygen atoms in total. The van der Waals surface area contributed by atoms with Gasteiger partial charge in [0, 0.05) is 39.4 Å². The van der Waals surface area contributed by atoms with E-state index in [-0.39, 0.29) is 30.1 Å². The van der Waals surface area contributed by atoms with Gasteiger partial charge < -0.3 is 20.2 Å². The summed E-state index contributed by atoms with van der Waals surface area (Å²) in [5.41, 5.74) is 2.38. The molecule has 6 heteroatoms. The highest BCUT2D eigenvalue weighted by molar-refractivity contribution is 14.0. The Balaban J connectivity index is 0.00000242. The van der Waals surface area contributed by atoms with Crippen molar-refractivity contribution in [3.8, 4) is 0 Å². The van der Waals surface area contributed by atoms with Crippen LogP contribution in [0.15, 0.2) is 29.3 Å².